The van der Waals surface area contributed by atoms with Crippen molar-refractivity contribution in [2.24, 2.45) is 0 Å². The fourth-order valence-electron chi connectivity index (χ4n) is 4.66. The molecule has 3 rings (SSSR count). The van der Waals surface area contributed by atoms with Crippen LogP contribution in [0.3, 0.4) is 0 Å². The fraction of sp³-hybridized carbons (Fsp3) is 0.500. The highest BCUT2D eigenvalue weighted by Crippen LogP contribution is 2.30. The monoisotopic (exact) mass is 523 g/mol. The second-order valence-electron chi connectivity index (χ2n) is 8.85. The van der Waals surface area contributed by atoms with Crippen molar-refractivity contribution in [2.75, 3.05) is 53.0 Å². The Morgan fingerprint density at radius 1 is 1.14 bits per heavy atom. The lowest BCUT2D eigenvalue weighted by molar-refractivity contribution is -0.137. The number of amides is 1. The quantitative estimate of drug-likeness (QED) is 0.369. The Hall–Kier alpha value is -3.18. The molecule has 0 N–H and O–H groups in total. The first kappa shape index (κ1) is 28.4. The van der Waals surface area contributed by atoms with Crippen molar-refractivity contribution in [2.45, 2.75) is 33.5 Å². The van der Waals surface area contributed by atoms with Gasteiger partial charge in [0.05, 0.1) is 32.4 Å². The molecule has 1 saturated heterocycles. The Labute approximate surface area is 213 Å². The van der Waals surface area contributed by atoms with Gasteiger partial charge in [0.2, 0.25) is 0 Å². The summed E-state index contributed by atoms with van der Waals surface area (Å²) in [6, 6.07) is 4.18. The predicted octanol–water partition coefficient (Wildman–Crippen LogP) is 3.59. The summed E-state index contributed by atoms with van der Waals surface area (Å²) in [6.45, 7) is 8.22. The summed E-state index contributed by atoms with van der Waals surface area (Å²) in [5.74, 6) is -1.66. The molecule has 11 heteroatoms. The fourth-order valence-corrected chi connectivity index (χ4v) is 4.66. The van der Waals surface area contributed by atoms with E-state index in [0.717, 1.165) is 12.1 Å². The van der Waals surface area contributed by atoms with E-state index >= 15 is 0 Å². The van der Waals surface area contributed by atoms with Gasteiger partial charge in [0.1, 0.15) is 5.69 Å². The van der Waals surface area contributed by atoms with Gasteiger partial charge < -0.3 is 18.9 Å². The molecule has 0 saturated carbocycles. The van der Waals surface area contributed by atoms with Crippen LogP contribution in [0.2, 0.25) is 0 Å². The van der Waals surface area contributed by atoms with Crippen LogP contribution in [0.15, 0.2) is 24.3 Å². The van der Waals surface area contributed by atoms with Crippen molar-refractivity contribution in [3.8, 4) is 0 Å². The molecule has 0 bridgehead atoms. The standard InChI is InChI=1S/C26H32F3N3O5/c1-5-32-18(3)22(17(2)23(32)25(35)36-4)21(33)16-31(10-9-30-11-13-37-14-12-30)24(34)19-7-6-8-20(15-19)26(27,28)29/h6-8,15H,5,9-14,16H2,1-4H3. The molecule has 0 radical (unpaired) electrons. The largest absolute Gasteiger partial charge is 0.464 e. The summed E-state index contributed by atoms with van der Waals surface area (Å²) in [5.41, 5.74) is 0.470. The molecule has 2 aromatic rings. The molecule has 1 aliphatic rings. The van der Waals surface area contributed by atoms with Crippen molar-refractivity contribution >= 4 is 17.7 Å². The van der Waals surface area contributed by atoms with Crippen LogP contribution in [0, 0.1) is 13.8 Å². The van der Waals surface area contributed by atoms with Crippen LogP contribution in [0.25, 0.3) is 0 Å². The van der Waals surface area contributed by atoms with Crippen LogP contribution in [-0.4, -0.2) is 85.1 Å². The maximum atomic E-state index is 13.5. The van der Waals surface area contributed by atoms with Gasteiger partial charge in [-0.05, 0) is 44.5 Å². The number of carbonyl (C=O) groups excluding carboxylic acids is 3. The van der Waals surface area contributed by atoms with Crippen molar-refractivity contribution in [3.05, 3.63) is 57.9 Å². The lowest BCUT2D eigenvalue weighted by Crippen LogP contribution is -2.44. The zero-order valence-electron chi connectivity index (χ0n) is 21.5. The molecule has 8 nitrogen and oxygen atoms in total. The highest BCUT2D eigenvalue weighted by Gasteiger charge is 2.32. The van der Waals surface area contributed by atoms with Crippen LogP contribution in [0.1, 0.15) is 54.9 Å². The Bertz CT molecular complexity index is 1150. The van der Waals surface area contributed by atoms with E-state index < -0.39 is 29.4 Å². The average molecular weight is 524 g/mol. The lowest BCUT2D eigenvalue weighted by Gasteiger charge is -2.30. The summed E-state index contributed by atoms with van der Waals surface area (Å²) >= 11 is 0. The number of rotatable bonds is 9. The number of aromatic nitrogens is 1. The zero-order valence-corrected chi connectivity index (χ0v) is 21.5. The van der Waals surface area contributed by atoms with E-state index in [1.807, 2.05) is 6.92 Å². The number of hydrogen-bond acceptors (Lipinski definition) is 6. The number of ether oxygens (including phenoxy) is 2. The summed E-state index contributed by atoms with van der Waals surface area (Å²) in [6.07, 6.45) is -4.60. The van der Waals surface area contributed by atoms with Gasteiger partial charge in [-0.15, -0.1) is 0 Å². The number of ketones is 1. The van der Waals surface area contributed by atoms with E-state index in [-0.39, 0.29) is 24.3 Å². The highest BCUT2D eigenvalue weighted by molar-refractivity contribution is 6.06. The second-order valence-corrected chi connectivity index (χ2v) is 8.85. The highest BCUT2D eigenvalue weighted by atomic mass is 19.4. The van der Waals surface area contributed by atoms with Crippen LogP contribution in [-0.2, 0) is 22.2 Å². The molecule has 1 aliphatic heterocycles. The van der Waals surface area contributed by atoms with Gasteiger partial charge in [-0.2, -0.15) is 13.2 Å². The molecule has 202 valence electrons. The molecule has 1 aromatic heterocycles. The van der Waals surface area contributed by atoms with Crippen LogP contribution in [0.4, 0.5) is 13.2 Å². The predicted molar refractivity (Wildman–Crippen MR) is 130 cm³/mol. The molecule has 1 fully saturated rings. The summed E-state index contributed by atoms with van der Waals surface area (Å²) < 4.78 is 51.7. The van der Waals surface area contributed by atoms with Gasteiger partial charge in [-0.3, -0.25) is 14.5 Å². The molecular formula is C26H32F3N3O5. The van der Waals surface area contributed by atoms with Gasteiger partial charge in [0, 0.05) is 49.5 Å². The Balaban J connectivity index is 1.93. The first-order valence-electron chi connectivity index (χ1n) is 12.1. The van der Waals surface area contributed by atoms with Gasteiger partial charge in [0.15, 0.2) is 5.78 Å². The molecule has 0 aliphatic carbocycles. The van der Waals surface area contributed by atoms with Gasteiger partial charge >= 0.3 is 12.1 Å². The maximum Gasteiger partial charge on any atom is 0.416 e. The topological polar surface area (TPSA) is 81.1 Å². The molecule has 0 spiro atoms. The minimum absolute atomic E-state index is 0.136. The van der Waals surface area contributed by atoms with E-state index in [9.17, 15) is 27.6 Å². The Morgan fingerprint density at radius 3 is 2.41 bits per heavy atom. The minimum Gasteiger partial charge on any atom is -0.464 e. The van der Waals surface area contributed by atoms with Crippen molar-refractivity contribution in [1.29, 1.82) is 0 Å². The first-order valence-corrected chi connectivity index (χ1v) is 12.1. The number of benzene rings is 1. The average Bonchev–Trinajstić information content (AvgIpc) is 3.14. The number of nitrogens with zero attached hydrogens (tertiary/aromatic N) is 3. The van der Waals surface area contributed by atoms with Gasteiger partial charge in [-0.1, -0.05) is 6.07 Å². The molecule has 2 heterocycles. The lowest BCUT2D eigenvalue weighted by atomic mass is 10.0. The normalized spacial score (nSPS) is 14.5. The van der Waals surface area contributed by atoms with Gasteiger partial charge in [-0.25, -0.2) is 4.79 Å². The number of esters is 1. The third-order valence-electron chi connectivity index (χ3n) is 6.59. The van der Waals surface area contributed by atoms with E-state index in [0.29, 0.717) is 56.2 Å². The van der Waals surface area contributed by atoms with Crippen LogP contribution < -0.4 is 0 Å². The summed E-state index contributed by atoms with van der Waals surface area (Å²) in [4.78, 5) is 42.7. The van der Waals surface area contributed by atoms with Crippen molar-refractivity contribution in [3.63, 3.8) is 0 Å². The maximum absolute atomic E-state index is 13.5. The number of hydrogen-bond donors (Lipinski definition) is 0. The van der Waals surface area contributed by atoms with E-state index in [1.54, 1.807) is 18.4 Å². The third kappa shape index (κ3) is 6.40. The number of carbonyl (C=O) groups is 3. The number of morpholine rings is 1. The third-order valence-corrected chi connectivity index (χ3v) is 6.59. The summed E-state index contributed by atoms with van der Waals surface area (Å²) in [7, 11) is 1.26. The van der Waals surface area contributed by atoms with E-state index in [1.165, 1.54) is 24.1 Å². The van der Waals surface area contributed by atoms with Crippen LogP contribution >= 0.6 is 0 Å². The SMILES string of the molecule is CCn1c(C)c(C(=O)CN(CCN2CCOCC2)C(=O)c2cccc(C(F)(F)F)c2)c(C)c1C(=O)OC. The summed E-state index contributed by atoms with van der Waals surface area (Å²) in [5, 5.41) is 0. The molecule has 37 heavy (non-hydrogen) atoms. The van der Waals surface area contributed by atoms with Gasteiger partial charge in [0.25, 0.3) is 5.91 Å². The number of halogens is 3. The second kappa shape index (κ2) is 11.9. The molecule has 1 amide bonds. The van der Waals surface area contributed by atoms with E-state index in [2.05, 4.69) is 4.90 Å². The number of alkyl halides is 3. The number of methoxy groups -OCH3 is 1. The zero-order chi connectivity index (χ0) is 27.3. The molecule has 1 aromatic carbocycles. The Morgan fingerprint density at radius 2 is 1.81 bits per heavy atom. The van der Waals surface area contributed by atoms with Crippen molar-refractivity contribution < 1.29 is 37.0 Å². The number of Topliss-reactive ketones (excluding diaryl/α,β-unsaturated/α-hetero) is 1. The molecular weight excluding hydrogens is 491 g/mol. The Kier molecular flexibility index (Phi) is 9.14. The molecule has 0 unspecified atom stereocenters. The smallest absolute Gasteiger partial charge is 0.416 e. The first-order chi connectivity index (χ1) is 17.5. The minimum atomic E-state index is -4.60. The van der Waals surface area contributed by atoms with Crippen LogP contribution in [0.5, 0.6) is 0 Å². The van der Waals surface area contributed by atoms with E-state index in [4.69, 9.17) is 9.47 Å². The van der Waals surface area contributed by atoms with Crippen molar-refractivity contribution in [1.82, 2.24) is 14.4 Å². The molecule has 0 atom stereocenters.